The summed E-state index contributed by atoms with van der Waals surface area (Å²) in [5.41, 5.74) is 0.571. The van der Waals surface area contributed by atoms with Crippen molar-refractivity contribution in [3.05, 3.63) is 12.2 Å². The standard InChI is InChI=1S/C7H14O2Si/c1-5(6(8)9-4)7(2,3)10/h1H2,2-4,10H3. The molecule has 0 radical (unpaired) electrons. The highest BCUT2D eigenvalue weighted by molar-refractivity contribution is 6.20. The number of methoxy groups -OCH3 is 1. The Morgan fingerprint density at radius 1 is 1.60 bits per heavy atom. The van der Waals surface area contributed by atoms with Gasteiger partial charge in [0.1, 0.15) is 0 Å². The molecule has 0 aliphatic carbocycles. The highest BCUT2D eigenvalue weighted by Crippen LogP contribution is 2.28. The second-order valence-electron chi connectivity index (χ2n) is 3.22. The van der Waals surface area contributed by atoms with Gasteiger partial charge < -0.3 is 4.74 Å². The number of carbonyl (C=O) groups excluding carboxylic acids is 1. The van der Waals surface area contributed by atoms with E-state index in [4.69, 9.17) is 0 Å². The zero-order valence-corrected chi connectivity index (χ0v) is 9.02. The van der Waals surface area contributed by atoms with E-state index in [0.29, 0.717) is 5.57 Å². The molecule has 0 saturated heterocycles. The number of hydrogen-bond donors (Lipinski definition) is 0. The summed E-state index contributed by atoms with van der Waals surface area (Å²) in [5, 5.41) is -0.0485. The fourth-order valence-electron chi connectivity index (χ4n) is 0.429. The summed E-state index contributed by atoms with van der Waals surface area (Å²) in [6, 6.07) is 0. The van der Waals surface area contributed by atoms with Crippen LogP contribution >= 0.6 is 0 Å². The second kappa shape index (κ2) is 3.01. The summed E-state index contributed by atoms with van der Waals surface area (Å²) in [6.45, 7) is 7.63. The van der Waals surface area contributed by atoms with Crippen molar-refractivity contribution < 1.29 is 9.53 Å². The van der Waals surface area contributed by atoms with Crippen LogP contribution in [0.25, 0.3) is 0 Å². The first kappa shape index (κ1) is 9.43. The molecule has 58 valence electrons. The molecule has 0 aliphatic heterocycles. The smallest absolute Gasteiger partial charge is 0.333 e. The van der Waals surface area contributed by atoms with Crippen molar-refractivity contribution in [2.24, 2.45) is 0 Å². The fourth-order valence-corrected chi connectivity index (χ4v) is 0.634. The van der Waals surface area contributed by atoms with Crippen molar-refractivity contribution in [3.8, 4) is 0 Å². The summed E-state index contributed by atoms with van der Waals surface area (Å²) in [5.74, 6) is -0.292. The highest BCUT2D eigenvalue weighted by Gasteiger charge is 2.21. The average molecular weight is 158 g/mol. The lowest BCUT2D eigenvalue weighted by Gasteiger charge is -2.18. The van der Waals surface area contributed by atoms with Gasteiger partial charge in [-0.1, -0.05) is 20.4 Å². The molecule has 3 heteroatoms. The zero-order chi connectivity index (χ0) is 8.36. The van der Waals surface area contributed by atoms with Crippen LogP contribution in [0.1, 0.15) is 13.8 Å². The average Bonchev–Trinajstić information content (AvgIpc) is 1.83. The lowest BCUT2D eigenvalue weighted by atomic mass is 10.0. The Hall–Kier alpha value is -0.573. The predicted octanol–water partition coefficient (Wildman–Crippen LogP) is 0.279. The van der Waals surface area contributed by atoms with E-state index in [2.05, 4.69) is 11.3 Å². The van der Waals surface area contributed by atoms with Crippen molar-refractivity contribution in [1.29, 1.82) is 0 Å². The molecule has 10 heavy (non-hydrogen) atoms. The Bertz CT molecular complexity index is 155. The van der Waals surface area contributed by atoms with Crippen molar-refractivity contribution in [3.63, 3.8) is 0 Å². The lowest BCUT2D eigenvalue weighted by Crippen LogP contribution is -2.15. The maximum atomic E-state index is 10.9. The van der Waals surface area contributed by atoms with Crippen LogP contribution in [0.5, 0.6) is 0 Å². The van der Waals surface area contributed by atoms with Gasteiger partial charge >= 0.3 is 5.97 Å². The maximum absolute atomic E-state index is 10.9. The van der Waals surface area contributed by atoms with E-state index < -0.39 is 0 Å². The minimum absolute atomic E-state index is 0.0485. The molecule has 0 aromatic carbocycles. The molecule has 0 amide bonds. The second-order valence-corrected chi connectivity index (χ2v) is 5.72. The quantitative estimate of drug-likeness (QED) is 0.328. The first-order valence-corrected chi connectivity index (χ1v) is 4.17. The number of rotatable bonds is 2. The van der Waals surface area contributed by atoms with Gasteiger partial charge in [0, 0.05) is 15.8 Å². The van der Waals surface area contributed by atoms with E-state index in [0.717, 1.165) is 10.2 Å². The number of esters is 1. The molecule has 0 fully saturated rings. The van der Waals surface area contributed by atoms with Crippen LogP contribution in [0.15, 0.2) is 12.2 Å². The van der Waals surface area contributed by atoms with Crippen LogP contribution < -0.4 is 0 Å². The molecule has 0 spiro atoms. The van der Waals surface area contributed by atoms with E-state index in [-0.39, 0.29) is 11.0 Å². The summed E-state index contributed by atoms with van der Waals surface area (Å²) in [7, 11) is 2.29. The number of carbonyl (C=O) groups is 1. The van der Waals surface area contributed by atoms with Crippen LogP contribution in [-0.2, 0) is 9.53 Å². The first-order chi connectivity index (χ1) is 4.39. The van der Waals surface area contributed by atoms with E-state index in [9.17, 15) is 4.79 Å². The molecular formula is C7H14O2Si. The van der Waals surface area contributed by atoms with Crippen molar-refractivity contribution in [2.75, 3.05) is 7.11 Å². The van der Waals surface area contributed by atoms with Gasteiger partial charge in [-0.2, -0.15) is 0 Å². The van der Waals surface area contributed by atoms with Crippen LogP contribution in [-0.4, -0.2) is 23.3 Å². The van der Waals surface area contributed by atoms with Crippen molar-refractivity contribution in [1.82, 2.24) is 0 Å². The monoisotopic (exact) mass is 158 g/mol. The summed E-state index contributed by atoms with van der Waals surface area (Å²) >= 11 is 0. The van der Waals surface area contributed by atoms with Gasteiger partial charge in [-0.15, -0.1) is 0 Å². The molecule has 2 nitrogen and oxygen atoms in total. The van der Waals surface area contributed by atoms with Gasteiger partial charge in [-0.25, -0.2) is 4.79 Å². The molecule has 0 atom stereocenters. The Morgan fingerprint density at radius 3 is 2.10 bits per heavy atom. The Balaban J connectivity index is 4.24. The van der Waals surface area contributed by atoms with E-state index in [1.807, 2.05) is 13.8 Å². The molecule has 0 heterocycles. The van der Waals surface area contributed by atoms with Crippen LogP contribution in [0.2, 0.25) is 5.04 Å². The summed E-state index contributed by atoms with van der Waals surface area (Å²) in [4.78, 5) is 10.9. The SMILES string of the molecule is C=C(C(=O)OC)C(C)(C)[SiH3]. The Kier molecular flexibility index (Phi) is 2.84. The predicted molar refractivity (Wildman–Crippen MR) is 45.1 cm³/mol. The maximum Gasteiger partial charge on any atom is 0.333 e. The lowest BCUT2D eigenvalue weighted by molar-refractivity contribution is -0.136. The zero-order valence-electron chi connectivity index (χ0n) is 7.02. The first-order valence-electron chi connectivity index (χ1n) is 3.17. The highest BCUT2D eigenvalue weighted by atomic mass is 28.1. The molecule has 0 bridgehead atoms. The van der Waals surface area contributed by atoms with Gasteiger partial charge in [-0.05, 0) is 5.04 Å². The molecule has 0 aromatic heterocycles. The third-order valence-corrected chi connectivity index (χ3v) is 1.94. The van der Waals surface area contributed by atoms with Crippen LogP contribution in [0, 0.1) is 0 Å². The molecule has 0 aromatic rings. The third-order valence-electron chi connectivity index (χ3n) is 1.34. The van der Waals surface area contributed by atoms with Crippen LogP contribution in [0.3, 0.4) is 0 Å². The molecule has 0 N–H and O–H groups in total. The molecular weight excluding hydrogens is 144 g/mol. The number of ether oxygens (including phenoxy) is 1. The van der Waals surface area contributed by atoms with E-state index in [1.54, 1.807) is 0 Å². The van der Waals surface area contributed by atoms with Gasteiger partial charge in [0.15, 0.2) is 0 Å². The molecule has 0 aliphatic rings. The van der Waals surface area contributed by atoms with Gasteiger partial charge in [0.2, 0.25) is 0 Å². The summed E-state index contributed by atoms with van der Waals surface area (Å²) in [6.07, 6.45) is 0. The Morgan fingerprint density at radius 2 is 2.00 bits per heavy atom. The van der Waals surface area contributed by atoms with E-state index >= 15 is 0 Å². The van der Waals surface area contributed by atoms with Gasteiger partial charge in [-0.3, -0.25) is 0 Å². The Labute approximate surface area is 64.7 Å². The largest absolute Gasteiger partial charge is 0.466 e. The van der Waals surface area contributed by atoms with Gasteiger partial charge in [0.05, 0.1) is 7.11 Å². The minimum Gasteiger partial charge on any atom is -0.466 e. The van der Waals surface area contributed by atoms with Crippen molar-refractivity contribution >= 4 is 16.2 Å². The molecule has 0 rings (SSSR count). The molecule has 0 unspecified atom stereocenters. The van der Waals surface area contributed by atoms with Crippen molar-refractivity contribution in [2.45, 2.75) is 18.9 Å². The topological polar surface area (TPSA) is 26.3 Å². The van der Waals surface area contributed by atoms with E-state index in [1.165, 1.54) is 7.11 Å². The third kappa shape index (κ3) is 2.35. The van der Waals surface area contributed by atoms with Crippen LogP contribution in [0.4, 0.5) is 0 Å². The minimum atomic E-state index is -0.292. The molecule has 0 saturated carbocycles. The number of hydrogen-bond acceptors (Lipinski definition) is 2. The fraction of sp³-hybridized carbons (Fsp3) is 0.571. The summed E-state index contributed by atoms with van der Waals surface area (Å²) < 4.78 is 4.52. The normalized spacial score (nSPS) is 11.1. The van der Waals surface area contributed by atoms with Gasteiger partial charge in [0.25, 0.3) is 0 Å².